The van der Waals surface area contributed by atoms with Gasteiger partial charge in [-0.1, -0.05) is 24.6 Å². The predicted molar refractivity (Wildman–Crippen MR) is 72.1 cm³/mol. The van der Waals surface area contributed by atoms with Gasteiger partial charge in [-0.25, -0.2) is 0 Å². The molecule has 0 N–H and O–H groups in total. The Morgan fingerprint density at radius 3 is 2.57 bits per heavy atom. The molecule has 2 atom stereocenters. The second kappa shape index (κ2) is 5.50. The Kier molecular flexibility index (Phi) is 3.69. The van der Waals surface area contributed by atoms with Gasteiger partial charge in [-0.15, -0.1) is 10.2 Å². The maximum Gasteiger partial charge on any atom is 0.391 e. The number of aromatic nitrogens is 3. The molecule has 0 radical (unpaired) electrons. The Labute approximate surface area is 120 Å². The summed E-state index contributed by atoms with van der Waals surface area (Å²) < 4.78 is 40.6. The predicted octanol–water partition coefficient (Wildman–Crippen LogP) is 4.10. The van der Waals surface area contributed by atoms with Gasteiger partial charge >= 0.3 is 6.18 Å². The van der Waals surface area contributed by atoms with Crippen molar-refractivity contribution in [2.45, 2.75) is 37.8 Å². The van der Waals surface area contributed by atoms with Crippen LogP contribution in [0.1, 0.15) is 37.4 Å². The highest BCUT2D eigenvalue weighted by molar-refractivity contribution is 5.32. The highest BCUT2D eigenvalue weighted by Crippen LogP contribution is 2.43. The van der Waals surface area contributed by atoms with Crippen LogP contribution in [0, 0.1) is 5.92 Å². The number of para-hydroxylation sites is 1. The highest BCUT2D eigenvalue weighted by atomic mass is 19.4. The minimum Gasteiger partial charge on any atom is -0.285 e. The highest BCUT2D eigenvalue weighted by Gasteiger charge is 2.43. The Morgan fingerprint density at radius 1 is 1.10 bits per heavy atom. The molecule has 0 bridgehead atoms. The van der Waals surface area contributed by atoms with E-state index in [1.165, 1.54) is 0 Å². The van der Waals surface area contributed by atoms with Crippen LogP contribution in [0.4, 0.5) is 13.2 Å². The second-order valence-corrected chi connectivity index (χ2v) is 5.50. The maximum atomic E-state index is 12.9. The van der Waals surface area contributed by atoms with Crippen LogP contribution in [0.15, 0.2) is 36.7 Å². The van der Waals surface area contributed by atoms with Gasteiger partial charge in [-0.3, -0.25) is 4.57 Å². The summed E-state index contributed by atoms with van der Waals surface area (Å²) in [7, 11) is 0. The lowest BCUT2D eigenvalue weighted by atomic mass is 9.80. The minimum atomic E-state index is -4.11. The van der Waals surface area contributed by atoms with E-state index in [-0.39, 0.29) is 18.8 Å². The molecule has 1 fully saturated rings. The Balaban J connectivity index is 1.87. The Hall–Kier alpha value is -1.85. The molecule has 3 nitrogen and oxygen atoms in total. The summed E-state index contributed by atoms with van der Waals surface area (Å²) >= 11 is 0. The molecule has 1 saturated carbocycles. The second-order valence-electron chi connectivity index (χ2n) is 5.50. The number of rotatable bonds is 2. The smallest absolute Gasteiger partial charge is 0.285 e. The normalized spacial score (nSPS) is 23.2. The van der Waals surface area contributed by atoms with E-state index >= 15 is 0 Å². The molecule has 1 aromatic heterocycles. The Bertz CT molecular complexity index is 592. The van der Waals surface area contributed by atoms with E-state index in [9.17, 15) is 13.2 Å². The monoisotopic (exact) mass is 295 g/mol. The third-order valence-electron chi connectivity index (χ3n) is 4.11. The zero-order chi connectivity index (χ0) is 14.9. The van der Waals surface area contributed by atoms with Crippen LogP contribution >= 0.6 is 0 Å². The number of alkyl halides is 3. The first-order valence-electron chi connectivity index (χ1n) is 7.08. The zero-order valence-corrected chi connectivity index (χ0v) is 11.4. The summed E-state index contributed by atoms with van der Waals surface area (Å²) in [6.45, 7) is 0. The van der Waals surface area contributed by atoms with Crippen LogP contribution in [-0.2, 0) is 0 Å². The van der Waals surface area contributed by atoms with Crippen LogP contribution in [0.2, 0.25) is 0 Å². The number of hydrogen-bond acceptors (Lipinski definition) is 2. The molecule has 3 rings (SSSR count). The molecule has 0 aliphatic heterocycles. The van der Waals surface area contributed by atoms with Crippen molar-refractivity contribution in [2.75, 3.05) is 0 Å². The molecule has 1 aliphatic carbocycles. The molecule has 2 aromatic rings. The molecular formula is C15H16F3N3. The molecule has 2 unspecified atom stereocenters. The molecule has 1 heterocycles. The van der Waals surface area contributed by atoms with Gasteiger partial charge < -0.3 is 0 Å². The first-order valence-corrected chi connectivity index (χ1v) is 7.08. The molecule has 1 aliphatic rings. The van der Waals surface area contributed by atoms with Crippen molar-refractivity contribution in [3.63, 3.8) is 0 Å². The maximum absolute atomic E-state index is 12.9. The quantitative estimate of drug-likeness (QED) is 0.835. The van der Waals surface area contributed by atoms with Crippen LogP contribution in [-0.4, -0.2) is 20.9 Å². The van der Waals surface area contributed by atoms with E-state index in [0.717, 1.165) is 12.1 Å². The summed E-state index contributed by atoms with van der Waals surface area (Å²) in [4.78, 5) is 0. The lowest BCUT2D eigenvalue weighted by Gasteiger charge is -2.30. The summed E-state index contributed by atoms with van der Waals surface area (Å²) in [6, 6.07) is 9.47. The van der Waals surface area contributed by atoms with Crippen molar-refractivity contribution in [2.24, 2.45) is 5.92 Å². The van der Waals surface area contributed by atoms with Crippen molar-refractivity contribution in [3.8, 4) is 5.69 Å². The first-order chi connectivity index (χ1) is 10.1. The van der Waals surface area contributed by atoms with Gasteiger partial charge in [-0.2, -0.15) is 13.2 Å². The third kappa shape index (κ3) is 2.94. The van der Waals surface area contributed by atoms with Crippen molar-refractivity contribution in [1.82, 2.24) is 14.8 Å². The van der Waals surface area contributed by atoms with Gasteiger partial charge in [0.2, 0.25) is 0 Å². The van der Waals surface area contributed by atoms with Gasteiger partial charge in [0.25, 0.3) is 0 Å². The van der Waals surface area contributed by atoms with Crippen molar-refractivity contribution < 1.29 is 13.2 Å². The van der Waals surface area contributed by atoms with Gasteiger partial charge in [0.1, 0.15) is 12.2 Å². The third-order valence-corrected chi connectivity index (χ3v) is 4.11. The summed E-state index contributed by atoms with van der Waals surface area (Å²) in [5.41, 5.74) is 0.881. The fourth-order valence-electron chi connectivity index (χ4n) is 3.03. The SMILES string of the molecule is FC(F)(F)C1CCCC(c2nncn2-c2ccccc2)C1. The van der Waals surface area contributed by atoms with Gasteiger partial charge in [0, 0.05) is 11.6 Å². The number of halogens is 3. The lowest BCUT2D eigenvalue weighted by molar-refractivity contribution is -0.183. The molecule has 112 valence electrons. The van der Waals surface area contributed by atoms with E-state index in [1.807, 2.05) is 30.3 Å². The van der Waals surface area contributed by atoms with Gasteiger partial charge in [-0.05, 0) is 31.4 Å². The zero-order valence-electron chi connectivity index (χ0n) is 11.4. The molecule has 6 heteroatoms. The first kappa shape index (κ1) is 14.1. The minimum absolute atomic E-state index is 0.106. The van der Waals surface area contributed by atoms with Crippen molar-refractivity contribution in [3.05, 3.63) is 42.5 Å². The average Bonchev–Trinajstić information content (AvgIpc) is 2.97. The molecule has 1 aromatic carbocycles. The number of hydrogen-bond donors (Lipinski definition) is 0. The van der Waals surface area contributed by atoms with Crippen LogP contribution in [0.5, 0.6) is 0 Å². The average molecular weight is 295 g/mol. The largest absolute Gasteiger partial charge is 0.391 e. The van der Waals surface area contributed by atoms with Crippen LogP contribution in [0.3, 0.4) is 0 Å². The standard InChI is InChI=1S/C15H16F3N3/c16-15(17,18)12-6-4-5-11(9-12)14-20-19-10-21(14)13-7-2-1-3-8-13/h1-3,7-8,10-12H,4-6,9H2. The molecule has 21 heavy (non-hydrogen) atoms. The molecule has 0 amide bonds. The fourth-order valence-corrected chi connectivity index (χ4v) is 3.03. The van der Waals surface area contributed by atoms with E-state index in [0.29, 0.717) is 12.2 Å². The van der Waals surface area contributed by atoms with E-state index < -0.39 is 12.1 Å². The summed E-state index contributed by atoms with van der Waals surface area (Å²) in [5, 5.41) is 7.97. The summed E-state index contributed by atoms with van der Waals surface area (Å²) in [6.07, 6.45) is -0.902. The summed E-state index contributed by atoms with van der Waals surface area (Å²) in [5.74, 6) is -0.777. The van der Waals surface area contributed by atoms with E-state index in [2.05, 4.69) is 10.2 Å². The molecule has 0 spiro atoms. The Morgan fingerprint density at radius 2 is 1.86 bits per heavy atom. The fraction of sp³-hybridized carbons (Fsp3) is 0.467. The number of benzene rings is 1. The van der Waals surface area contributed by atoms with Crippen molar-refractivity contribution in [1.29, 1.82) is 0 Å². The van der Waals surface area contributed by atoms with Crippen LogP contribution < -0.4 is 0 Å². The topological polar surface area (TPSA) is 30.7 Å². The molecular weight excluding hydrogens is 279 g/mol. The van der Waals surface area contributed by atoms with Gasteiger partial charge in [0.05, 0.1) is 5.92 Å². The van der Waals surface area contributed by atoms with E-state index in [1.54, 1.807) is 10.9 Å². The van der Waals surface area contributed by atoms with Crippen molar-refractivity contribution >= 4 is 0 Å². The van der Waals surface area contributed by atoms with Crippen LogP contribution in [0.25, 0.3) is 5.69 Å². The van der Waals surface area contributed by atoms with Gasteiger partial charge in [0.15, 0.2) is 0 Å². The van der Waals surface area contributed by atoms with E-state index in [4.69, 9.17) is 0 Å². The lowest BCUT2D eigenvalue weighted by Crippen LogP contribution is -2.28. The number of nitrogens with zero attached hydrogens (tertiary/aromatic N) is 3. The molecule has 0 saturated heterocycles.